The van der Waals surface area contributed by atoms with Crippen LogP contribution in [-0.2, 0) is 9.53 Å². The first-order chi connectivity index (χ1) is 6.74. The SMILES string of the molecule is C/C=C/C(OC(C)=O)c1ccccn1. The number of aromatic nitrogens is 1. The number of hydrogen-bond acceptors (Lipinski definition) is 3. The molecule has 14 heavy (non-hydrogen) atoms. The summed E-state index contributed by atoms with van der Waals surface area (Å²) in [4.78, 5) is 14.9. The largest absolute Gasteiger partial charge is 0.452 e. The lowest BCUT2D eigenvalue weighted by atomic mass is 10.2. The molecule has 3 heteroatoms. The Morgan fingerprint density at radius 1 is 1.57 bits per heavy atom. The molecule has 0 aliphatic heterocycles. The lowest BCUT2D eigenvalue weighted by Gasteiger charge is -2.11. The summed E-state index contributed by atoms with van der Waals surface area (Å²) < 4.78 is 5.09. The van der Waals surface area contributed by atoms with Crippen LogP contribution in [0.2, 0.25) is 0 Å². The van der Waals surface area contributed by atoms with Gasteiger partial charge in [-0.3, -0.25) is 9.78 Å². The summed E-state index contributed by atoms with van der Waals surface area (Å²) >= 11 is 0. The first-order valence-corrected chi connectivity index (χ1v) is 4.45. The van der Waals surface area contributed by atoms with Crippen molar-refractivity contribution in [1.82, 2.24) is 4.98 Å². The Bertz CT molecular complexity index is 319. The quantitative estimate of drug-likeness (QED) is 0.543. The van der Waals surface area contributed by atoms with Crippen LogP contribution in [0.3, 0.4) is 0 Å². The van der Waals surface area contributed by atoms with Crippen LogP contribution in [0.4, 0.5) is 0 Å². The van der Waals surface area contributed by atoms with E-state index in [4.69, 9.17) is 4.74 Å². The van der Waals surface area contributed by atoms with Gasteiger partial charge in [0.25, 0.3) is 0 Å². The van der Waals surface area contributed by atoms with Crippen LogP contribution in [0.15, 0.2) is 36.5 Å². The molecule has 0 saturated carbocycles. The van der Waals surface area contributed by atoms with Gasteiger partial charge in [-0.05, 0) is 25.1 Å². The molecule has 0 N–H and O–H groups in total. The third-order valence-corrected chi connectivity index (χ3v) is 1.64. The number of carbonyl (C=O) groups is 1. The van der Waals surface area contributed by atoms with E-state index in [9.17, 15) is 4.79 Å². The van der Waals surface area contributed by atoms with E-state index in [1.54, 1.807) is 12.3 Å². The standard InChI is InChI=1S/C11H13NO2/c1-3-6-11(14-9(2)13)10-7-4-5-8-12-10/h3-8,11H,1-2H3/b6-3+. The van der Waals surface area contributed by atoms with Crippen LogP contribution >= 0.6 is 0 Å². The van der Waals surface area contributed by atoms with Gasteiger partial charge in [0.15, 0.2) is 6.10 Å². The summed E-state index contributed by atoms with van der Waals surface area (Å²) in [6.07, 6.45) is 4.93. The van der Waals surface area contributed by atoms with Crippen LogP contribution in [0.1, 0.15) is 25.6 Å². The summed E-state index contributed by atoms with van der Waals surface area (Å²) in [5.41, 5.74) is 0.737. The Labute approximate surface area is 83.4 Å². The monoisotopic (exact) mass is 191 g/mol. The van der Waals surface area contributed by atoms with Gasteiger partial charge >= 0.3 is 5.97 Å². The molecule has 74 valence electrons. The Hall–Kier alpha value is -1.64. The number of rotatable bonds is 3. The number of esters is 1. The van der Waals surface area contributed by atoms with Gasteiger partial charge in [-0.1, -0.05) is 12.1 Å². The van der Waals surface area contributed by atoms with Gasteiger partial charge in [-0.15, -0.1) is 0 Å². The lowest BCUT2D eigenvalue weighted by molar-refractivity contribution is -0.144. The van der Waals surface area contributed by atoms with Crippen LogP contribution in [0.25, 0.3) is 0 Å². The second-order valence-electron chi connectivity index (χ2n) is 2.81. The zero-order valence-corrected chi connectivity index (χ0v) is 8.31. The van der Waals surface area contributed by atoms with E-state index in [2.05, 4.69) is 4.98 Å². The molecule has 0 radical (unpaired) electrons. The molecule has 0 saturated heterocycles. The molecule has 1 atom stereocenters. The minimum atomic E-state index is -0.376. The third-order valence-electron chi connectivity index (χ3n) is 1.64. The molecule has 0 aromatic carbocycles. The Kier molecular flexibility index (Phi) is 3.85. The number of allylic oxidation sites excluding steroid dienone is 1. The molecule has 1 aromatic heterocycles. The molecule has 0 bridgehead atoms. The minimum Gasteiger partial charge on any atom is -0.452 e. The maximum absolute atomic E-state index is 10.8. The first kappa shape index (κ1) is 10.4. The normalized spacial score (nSPS) is 12.7. The predicted molar refractivity (Wildman–Crippen MR) is 53.6 cm³/mol. The van der Waals surface area contributed by atoms with Gasteiger partial charge in [0.1, 0.15) is 0 Å². The van der Waals surface area contributed by atoms with Crippen molar-refractivity contribution in [1.29, 1.82) is 0 Å². The van der Waals surface area contributed by atoms with E-state index in [0.717, 1.165) is 5.69 Å². The fourth-order valence-corrected chi connectivity index (χ4v) is 1.10. The van der Waals surface area contributed by atoms with Crippen LogP contribution < -0.4 is 0 Å². The highest BCUT2D eigenvalue weighted by atomic mass is 16.5. The fraction of sp³-hybridized carbons (Fsp3) is 0.273. The van der Waals surface area contributed by atoms with Gasteiger partial charge in [0, 0.05) is 13.1 Å². The number of carbonyl (C=O) groups excluding carboxylic acids is 1. The van der Waals surface area contributed by atoms with Crippen molar-refractivity contribution in [3.8, 4) is 0 Å². The van der Waals surface area contributed by atoms with Crippen molar-refractivity contribution >= 4 is 5.97 Å². The van der Waals surface area contributed by atoms with Crippen LogP contribution in [-0.4, -0.2) is 11.0 Å². The number of ether oxygens (including phenoxy) is 1. The smallest absolute Gasteiger partial charge is 0.303 e. The Balaban J connectivity index is 2.83. The average Bonchev–Trinajstić information content (AvgIpc) is 2.18. The molecule has 1 heterocycles. The molecule has 0 spiro atoms. The highest BCUT2D eigenvalue weighted by Gasteiger charge is 2.11. The number of nitrogens with zero attached hydrogens (tertiary/aromatic N) is 1. The van der Waals surface area contributed by atoms with Crippen LogP contribution in [0.5, 0.6) is 0 Å². The highest BCUT2D eigenvalue weighted by molar-refractivity contribution is 5.66. The summed E-state index contributed by atoms with van der Waals surface area (Å²) in [6.45, 7) is 3.26. The van der Waals surface area contributed by atoms with E-state index in [-0.39, 0.29) is 12.1 Å². The second-order valence-corrected chi connectivity index (χ2v) is 2.81. The molecule has 0 aliphatic carbocycles. The van der Waals surface area contributed by atoms with Crippen molar-refractivity contribution < 1.29 is 9.53 Å². The average molecular weight is 191 g/mol. The lowest BCUT2D eigenvalue weighted by Crippen LogP contribution is -2.07. The third kappa shape index (κ3) is 3.01. The van der Waals surface area contributed by atoms with E-state index < -0.39 is 0 Å². The van der Waals surface area contributed by atoms with E-state index in [1.807, 2.05) is 31.2 Å². The zero-order valence-electron chi connectivity index (χ0n) is 8.31. The van der Waals surface area contributed by atoms with Gasteiger partial charge in [-0.25, -0.2) is 0 Å². The summed E-state index contributed by atoms with van der Waals surface area (Å²) in [5.74, 6) is -0.307. The minimum absolute atomic E-state index is 0.307. The summed E-state index contributed by atoms with van der Waals surface area (Å²) in [5, 5.41) is 0. The molecule has 0 fully saturated rings. The van der Waals surface area contributed by atoms with Gasteiger partial charge < -0.3 is 4.74 Å². The highest BCUT2D eigenvalue weighted by Crippen LogP contribution is 2.16. The molecular weight excluding hydrogens is 178 g/mol. The Morgan fingerprint density at radius 3 is 2.86 bits per heavy atom. The molecule has 1 rings (SSSR count). The van der Waals surface area contributed by atoms with E-state index in [1.165, 1.54) is 6.92 Å². The summed E-state index contributed by atoms with van der Waals surface area (Å²) in [7, 11) is 0. The van der Waals surface area contributed by atoms with E-state index in [0.29, 0.717) is 0 Å². The Morgan fingerprint density at radius 2 is 2.36 bits per heavy atom. The predicted octanol–water partition coefficient (Wildman–Crippen LogP) is 2.26. The molecule has 3 nitrogen and oxygen atoms in total. The van der Waals surface area contributed by atoms with Crippen molar-refractivity contribution in [2.45, 2.75) is 20.0 Å². The topological polar surface area (TPSA) is 39.2 Å². The summed E-state index contributed by atoms with van der Waals surface area (Å²) in [6, 6.07) is 5.51. The van der Waals surface area contributed by atoms with Gasteiger partial charge in [0.2, 0.25) is 0 Å². The fourth-order valence-electron chi connectivity index (χ4n) is 1.10. The van der Waals surface area contributed by atoms with Gasteiger partial charge in [-0.2, -0.15) is 0 Å². The van der Waals surface area contributed by atoms with Crippen molar-refractivity contribution in [3.63, 3.8) is 0 Å². The van der Waals surface area contributed by atoms with Crippen molar-refractivity contribution in [2.75, 3.05) is 0 Å². The first-order valence-electron chi connectivity index (χ1n) is 4.45. The van der Waals surface area contributed by atoms with Crippen molar-refractivity contribution in [3.05, 3.63) is 42.2 Å². The zero-order chi connectivity index (χ0) is 10.4. The molecule has 0 aliphatic rings. The molecule has 1 unspecified atom stereocenters. The second kappa shape index (κ2) is 5.17. The molecule has 0 amide bonds. The van der Waals surface area contributed by atoms with Crippen LogP contribution in [0, 0.1) is 0 Å². The molecule has 1 aromatic rings. The van der Waals surface area contributed by atoms with Gasteiger partial charge in [0.05, 0.1) is 5.69 Å². The maximum atomic E-state index is 10.8. The number of hydrogen-bond donors (Lipinski definition) is 0. The number of pyridine rings is 1. The van der Waals surface area contributed by atoms with Crippen molar-refractivity contribution in [2.24, 2.45) is 0 Å². The van der Waals surface area contributed by atoms with E-state index >= 15 is 0 Å². The molecular formula is C11H13NO2. The maximum Gasteiger partial charge on any atom is 0.303 e.